The molecular weight excluding hydrogens is 243 g/mol. The summed E-state index contributed by atoms with van der Waals surface area (Å²) >= 11 is 0. The van der Waals surface area contributed by atoms with E-state index in [9.17, 15) is 9.18 Å². The highest BCUT2D eigenvalue weighted by molar-refractivity contribution is 5.83. The highest BCUT2D eigenvalue weighted by Gasteiger charge is 2.37. The molecule has 1 aromatic rings. The van der Waals surface area contributed by atoms with Crippen LogP contribution in [0.5, 0.6) is 0 Å². The number of amides is 1. The first-order chi connectivity index (χ1) is 9.16. The number of benzene rings is 1. The zero-order valence-electron chi connectivity index (χ0n) is 11.1. The van der Waals surface area contributed by atoms with E-state index in [2.05, 4.69) is 5.32 Å². The molecule has 0 aliphatic heterocycles. The minimum absolute atomic E-state index is 0.0129. The molecule has 0 saturated heterocycles. The molecule has 0 bridgehead atoms. The van der Waals surface area contributed by atoms with E-state index in [1.54, 1.807) is 12.1 Å². The van der Waals surface area contributed by atoms with Crippen LogP contribution in [0.25, 0.3) is 0 Å². The van der Waals surface area contributed by atoms with Crippen LogP contribution in [0.3, 0.4) is 0 Å². The van der Waals surface area contributed by atoms with Crippen molar-refractivity contribution >= 4 is 5.91 Å². The lowest BCUT2D eigenvalue weighted by molar-refractivity contribution is -0.132. The van der Waals surface area contributed by atoms with Gasteiger partial charge in [-0.1, -0.05) is 31.4 Å². The monoisotopic (exact) mass is 264 g/mol. The van der Waals surface area contributed by atoms with Gasteiger partial charge in [0.2, 0.25) is 5.91 Å². The van der Waals surface area contributed by atoms with Crippen molar-refractivity contribution in [3.05, 3.63) is 35.6 Å². The Morgan fingerprint density at radius 2 is 2.05 bits per heavy atom. The van der Waals surface area contributed by atoms with Gasteiger partial charge in [-0.2, -0.15) is 0 Å². The van der Waals surface area contributed by atoms with Gasteiger partial charge >= 0.3 is 0 Å². The van der Waals surface area contributed by atoms with Gasteiger partial charge in [0, 0.05) is 13.1 Å². The summed E-state index contributed by atoms with van der Waals surface area (Å²) in [6.07, 6.45) is 5.02. The van der Waals surface area contributed by atoms with Crippen LogP contribution in [-0.2, 0) is 11.3 Å². The molecule has 0 unspecified atom stereocenters. The third-order valence-corrected chi connectivity index (χ3v) is 4.03. The van der Waals surface area contributed by atoms with E-state index in [1.807, 2.05) is 0 Å². The molecule has 0 heterocycles. The van der Waals surface area contributed by atoms with Gasteiger partial charge in [-0.25, -0.2) is 4.39 Å². The van der Waals surface area contributed by atoms with Crippen molar-refractivity contribution in [2.75, 3.05) is 6.54 Å². The molecule has 3 nitrogen and oxygen atoms in total. The predicted octanol–water partition coefficient (Wildman–Crippen LogP) is 2.35. The number of halogens is 1. The number of hydrogen-bond acceptors (Lipinski definition) is 2. The Kier molecular flexibility index (Phi) is 4.53. The van der Waals surface area contributed by atoms with Gasteiger partial charge in [-0.15, -0.1) is 0 Å². The molecule has 104 valence electrons. The molecule has 4 heteroatoms. The third-order valence-electron chi connectivity index (χ3n) is 4.03. The van der Waals surface area contributed by atoms with Crippen molar-refractivity contribution in [2.45, 2.75) is 38.6 Å². The molecule has 3 N–H and O–H groups in total. The summed E-state index contributed by atoms with van der Waals surface area (Å²) in [6.45, 7) is 0.750. The van der Waals surface area contributed by atoms with Crippen molar-refractivity contribution in [3.63, 3.8) is 0 Å². The highest BCUT2D eigenvalue weighted by Crippen LogP contribution is 2.35. The second-order valence-electron chi connectivity index (χ2n) is 5.36. The van der Waals surface area contributed by atoms with Gasteiger partial charge in [0.1, 0.15) is 5.82 Å². The molecule has 0 radical (unpaired) electrons. The standard InChI is InChI=1S/C15H21FN2O/c16-13-6-4-5-12(9-13)10-18-14(19)15(11-17)7-2-1-3-8-15/h4-6,9H,1-3,7-8,10-11,17H2,(H,18,19). The summed E-state index contributed by atoms with van der Waals surface area (Å²) in [6, 6.07) is 6.29. The topological polar surface area (TPSA) is 55.1 Å². The summed E-state index contributed by atoms with van der Waals surface area (Å²) in [4.78, 5) is 12.3. The number of carbonyl (C=O) groups excluding carboxylic acids is 1. The van der Waals surface area contributed by atoms with E-state index in [0.717, 1.165) is 31.2 Å². The molecule has 0 atom stereocenters. The van der Waals surface area contributed by atoms with E-state index in [-0.39, 0.29) is 11.7 Å². The zero-order chi connectivity index (χ0) is 13.7. The summed E-state index contributed by atoms with van der Waals surface area (Å²) < 4.78 is 13.1. The second kappa shape index (κ2) is 6.15. The lowest BCUT2D eigenvalue weighted by Crippen LogP contribution is -2.46. The van der Waals surface area contributed by atoms with Crippen molar-refractivity contribution < 1.29 is 9.18 Å². The zero-order valence-corrected chi connectivity index (χ0v) is 11.1. The fourth-order valence-electron chi connectivity index (χ4n) is 2.77. The van der Waals surface area contributed by atoms with Crippen LogP contribution in [0.15, 0.2) is 24.3 Å². The van der Waals surface area contributed by atoms with Crippen molar-refractivity contribution in [3.8, 4) is 0 Å². The van der Waals surface area contributed by atoms with Crippen LogP contribution in [0.4, 0.5) is 4.39 Å². The maximum Gasteiger partial charge on any atom is 0.227 e. The predicted molar refractivity (Wildman–Crippen MR) is 72.8 cm³/mol. The maximum absolute atomic E-state index is 13.1. The molecule has 1 fully saturated rings. The summed E-state index contributed by atoms with van der Waals surface area (Å²) in [5.41, 5.74) is 6.17. The smallest absolute Gasteiger partial charge is 0.227 e. The number of rotatable bonds is 4. The van der Waals surface area contributed by atoms with Gasteiger partial charge in [0.25, 0.3) is 0 Å². The molecule has 1 aliphatic rings. The first kappa shape index (κ1) is 14.0. The maximum atomic E-state index is 13.1. The Morgan fingerprint density at radius 1 is 1.32 bits per heavy atom. The molecular formula is C15H21FN2O. The first-order valence-electron chi connectivity index (χ1n) is 6.89. The fraction of sp³-hybridized carbons (Fsp3) is 0.533. The number of nitrogens with one attached hydrogen (secondary N) is 1. The Hall–Kier alpha value is -1.42. The van der Waals surface area contributed by atoms with Gasteiger partial charge in [0.05, 0.1) is 5.41 Å². The fourth-order valence-corrected chi connectivity index (χ4v) is 2.77. The molecule has 1 saturated carbocycles. The largest absolute Gasteiger partial charge is 0.352 e. The minimum atomic E-state index is -0.411. The quantitative estimate of drug-likeness (QED) is 0.877. The minimum Gasteiger partial charge on any atom is -0.352 e. The lowest BCUT2D eigenvalue weighted by Gasteiger charge is -2.34. The van der Waals surface area contributed by atoms with Gasteiger partial charge in [0.15, 0.2) is 0 Å². The van der Waals surface area contributed by atoms with E-state index in [1.165, 1.54) is 18.6 Å². The highest BCUT2D eigenvalue weighted by atomic mass is 19.1. The number of carbonyl (C=O) groups is 1. The van der Waals surface area contributed by atoms with Crippen molar-refractivity contribution in [1.82, 2.24) is 5.32 Å². The Bertz CT molecular complexity index is 442. The summed E-state index contributed by atoms with van der Waals surface area (Å²) in [5, 5.41) is 2.90. The van der Waals surface area contributed by atoms with Crippen LogP contribution in [0, 0.1) is 11.2 Å². The average molecular weight is 264 g/mol. The van der Waals surface area contributed by atoms with Gasteiger partial charge in [-0.3, -0.25) is 4.79 Å². The average Bonchev–Trinajstić information content (AvgIpc) is 2.45. The lowest BCUT2D eigenvalue weighted by atomic mass is 9.73. The summed E-state index contributed by atoms with van der Waals surface area (Å²) in [7, 11) is 0. The molecule has 1 amide bonds. The third kappa shape index (κ3) is 3.32. The molecule has 1 aromatic carbocycles. The van der Waals surface area contributed by atoms with Crippen LogP contribution in [0.1, 0.15) is 37.7 Å². The summed E-state index contributed by atoms with van der Waals surface area (Å²) in [5.74, 6) is -0.267. The Morgan fingerprint density at radius 3 is 2.68 bits per heavy atom. The number of hydrogen-bond donors (Lipinski definition) is 2. The molecule has 0 aromatic heterocycles. The van der Waals surface area contributed by atoms with Crippen LogP contribution >= 0.6 is 0 Å². The molecule has 2 rings (SSSR count). The van der Waals surface area contributed by atoms with E-state index in [0.29, 0.717) is 13.1 Å². The van der Waals surface area contributed by atoms with E-state index >= 15 is 0 Å². The number of nitrogens with two attached hydrogens (primary N) is 1. The van der Waals surface area contributed by atoms with E-state index < -0.39 is 5.41 Å². The molecule has 1 aliphatic carbocycles. The van der Waals surface area contributed by atoms with Crippen LogP contribution in [0.2, 0.25) is 0 Å². The molecule has 0 spiro atoms. The van der Waals surface area contributed by atoms with Crippen LogP contribution in [-0.4, -0.2) is 12.5 Å². The Balaban J connectivity index is 1.96. The van der Waals surface area contributed by atoms with Crippen molar-refractivity contribution in [1.29, 1.82) is 0 Å². The second-order valence-corrected chi connectivity index (χ2v) is 5.36. The van der Waals surface area contributed by atoms with Gasteiger partial charge < -0.3 is 11.1 Å². The SMILES string of the molecule is NCC1(C(=O)NCc2cccc(F)c2)CCCCC1. The van der Waals surface area contributed by atoms with Crippen molar-refractivity contribution in [2.24, 2.45) is 11.1 Å². The van der Waals surface area contributed by atoms with Gasteiger partial charge in [-0.05, 0) is 30.5 Å². The van der Waals surface area contributed by atoms with Crippen LogP contribution < -0.4 is 11.1 Å². The normalized spacial score (nSPS) is 18.0. The Labute approximate surface area is 113 Å². The first-order valence-corrected chi connectivity index (χ1v) is 6.89. The molecule has 19 heavy (non-hydrogen) atoms. The van der Waals surface area contributed by atoms with E-state index in [4.69, 9.17) is 5.73 Å².